The van der Waals surface area contributed by atoms with Gasteiger partial charge in [0, 0.05) is 44.3 Å². The summed E-state index contributed by atoms with van der Waals surface area (Å²) in [5.74, 6) is -0.289. The molecule has 10 nitrogen and oxygen atoms in total. The number of hydrogen-bond acceptors (Lipinski definition) is 6. The summed E-state index contributed by atoms with van der Waals surface area (Å²) in [6, 6.07) is 18.3. The Hall–Kier alpha value is -3.76. The zero-order valence-corrected chi connectivity index (χ0v) is 22.6. The number of fused-ring (bicyclic) bond motifs is 2. The molecule has 2 bridgehead atoms. The molecule has 2 aliphatic heterocycles. The molecule has 2 fully saturated rings. The van der Waals surface area contributed by atoms with Crippen LogP contribution in [-0.4, -0.2) is 87.3 Å². The number of nitrogens with zero attached hydrogens (tertiary/aromatic N) is 5. The van der Waals surface area contributed by atoms with E-state index in [1.807, 2.05) is 65.6 Å². The second-order valence-corrected chi connectivity index (χ2v) is 9.74. The minimum atomic E-state index is -0.306. The summed E-state index contributed by atoms with van der Waals surface area (Å²) < 4.78 is 1.59. The van der Waals surface area contributed by atoms with Crippen LogP contribution in [0, 0.1) is 0 Å². The summed E-state index contributed by atoms with van der Waals surface area (Å²) in [5, 5.41) is 14.6. The van der Waals surface area contributed by atoms with E-state index < -0.39 is 0 Å². The predicted octanol–water partition coefficient (Wildman–Crippen LogP) is 2.30. The first-order chi connectivity index (χ1) is 18.6. The lowest BCUT2D eigenvalue weighted by Gasteiger charge is -2.30. The van der Waals surface area contributed by atoms with Crippen molar-refractivity contribution in [2.75, 3.05) is 32.7 Å². The average molecular weight is 552 g/mol. The van der Waals surface area contributed by atoms with Crippen LogP contribution in [0.2, 0.25) is 0 Å². The van der Waals surface area contributed by atoms with E-state index in [9.17, 15) is 14.4 Å². The summed E-state index contributed by atoms with van der Waals surface area (Å²) >= 11 is 0. The van der Waals surface area contributed by atoms with E-state index in [1.54, 1.807) is 15.8 Å². The monoisotopic (exact) mass is 551 g/mol. The van der Waals surface area contributed by atoms with E-state index in [0.717, 1.165) is 18.5 Å². The Morgan fingerprint density at radius 3 is 2.36 bits per heavy atom. The number of para-hydroxylation sites is 1. The fraction of sp³-hybridized carbons (Fsp3) is 0.393. The summed E-state index contributed by atoms with van der Waals surface area (Å²) in [6.07, 6.45) is 4.34. The highest BCUT2D eigenvalue weighted by molar-refractivity contribution is 5.94. The maximum Gasteiger partial charge on any atom is 0.276 e. The first-order valence-electron chi connectivity index (χ1n) is 13.2. The van der Waals surface area contributed by atoms with E-state index in [2.05, 4.69) is 20.9 Å². The van der Waals surface area contributed by atoms with Crippen LogP contribution in [0.5, 0.6) is 0 Å². The molecule has 3 aromatic rings. The third-order valence-electron chi connectivity index (χ3n) is 7.15. The molecule has 11 heteroatoms. The number of rotatable bonds is 3. The van der Waals surface area contributed by atoms with Crippen molar-refractivity contribution in [1.29, 1.82) is 0 Å². The van der Waals surface area contributed by atoms with Gasteiger partial charge >= 0.3 is 0 Å². The van der Waals surface area contributed by atoms with Crippen LogP contribution in [0.15, 0.2) is 66.9 Å². The molecule has 39 heavy (non-hydrogen) atoms. The van der Waals surface area contributed by atoms with Crippen molar-refractivity contribution < 1.29 is 14.4 Å². The highest BCUT2D eigenvalue weighted by Gasteiger charge is 2.35. The van der Waals surface area contributed by atoms with Crippen LogP contribution in [-0.2, 0) is 4.79 Å². The molecule has 2 saturated heterocycles. The van der Waals surface area contributed by atoms with E-state index in [1.165, 1.54) is 0 Å². The van der Waals surface area contributed by atoms with Gasteiger partial charge in [0.05, 0.1) is 17.9 Å². The normalized spacial score (nSPS) is 20.5. The third kappa shape index (κ3) is 6.82. The smallest absolute Gasteiger partial charge is 0.276 e. The van der Waals surface area contributed by atoms with Gasteiger partial charge in [-0.2, -0.15) is 0 Å². The molecule has 3 amide bonds. The summed E-state index contributed by atoms with van der Waals surface area (Å²) in [5.41, 5.74) is 1.73. The lowest BCUT2D eigenvalue weighted by Crippen LogP contribution is -2.44. The molecule has 0 unspecified atom stereocenters. The standard InChI is InChI=1S/C28H33N7O3.ClH/c36-26-24-18-23(19-30-24)34(27(37)21-10-3-1-4-11-21)17-9-16-33(15-8-7-14-29-26)28(38)25-20-35(32-31-25)22-12-5-2-6-13-22;/h1-6,10-13,20,23-24,30H,7-9,14-19H2,(H,29,36);1H/t23-,24-;/m0./s1. The maximum absolute atomic E-state index is 13.5. The lowest BCUT2D eigenvalue weighted by molar-refractivity contribution is -0.122. The quantitative estimate of drug-likeness (QED) is 0.516. The molecule has 1 aromatic heterocycles. The van der Waals surface area contributed by atoms with Crippen molar-refractivity contribution in [2.24, 2.45) is 0 Å². The van der Waals surface area contributed by atoms with Gasteiger partial charge in [0.1, 0.15) is 0 Å². The molecule has 2 aliphatic rings. The molecule has 0 aliphatic carbocycles. The van der Waals surface area contributed by atoms with Crippen LogP contribution in [0.1, 0.15) is 46.5 Å². The van der Waals surface area contributed by atoms with Crippen LogP contribution in [0.25, 0.3) is 5.69 Å². The van der Waals surface area contributed by atoms with Crippen molar-refractivity contribution in [1.82, 2.24) is 35.4 Å². The number of nitrogens with one attached hydrogen (secondary N) is 2. The van der Waals surface area contributed by atoms with Crippen LogP contribution in [0.3, 0.4) is 0 Å². The largest absolute Gasteiger partial charge is 0.355 e. The van der Waals surface area contributed by atoms with Gasteiger partial charge < -0.3 is 20.4 Å². The third-order valence-corrected chi connectivity index (χ3v) is 7.15. The summed E-state index contributed by atoms with van der Waals surface area (Å²) in [7, 11) is 0. The number of carbonyl (C=O) groups excluding carboxylic acids is 3. The number of benzene rings is 2. The molecule has 0 spiro atoms. The van der Waals surface area contributed by atoms with Gasteiger partial charge in [0.15, 0.2) is 5.69 Å². The first-order valence-corrected chi connectivity index (χ1v) is 13.2. The average Bonchev–Trinajstić information content (AvgIpc) is 3.65. The number of hydrogen-bond donors (Lipinski definition) is 2. The Balaban J connectivity index is 0.00000353. The Morgan fingerprint density at radius 2 is 1.59 bits per heavy atom. The number of amides is 3. The molecule has 3 heterocycles. The van der Waals surface area contributed by atoms with Crippen molar-refractivity contribution in [2.45, 2.75) is 37.8 Å². The molecule has 0 saturated carbocycles. The molecule has 206 valence electrons. The fourth-order valence-electron chi connectivity index (χ4n) is 5.09. The van der Waals surface area contributed by atoms with Gasteiger partial charge in [-0.05, 0) is 49.9 Å². The van der Waals surface area contributed by atoms with Gasteiger partial charge in [0.25, 0.3) is 11.8 Å². The molecule has 5 rings (SSSR count). The van der Waals surface area contributed by atoms with Crippen molar-refractivity contribution in [3.63, 3.8) is 0 Å². The molecular weight excluding hydrogens is 518 g/mol. The topological polar surface area (TPSA) is 112 Å². The summed E-state index contributed by atoms with van der Waals surface area (Å²) in [6.45, 7) is 2.60. The SMILES string of the molecule is Cl.O=C1NCCCCN(C(=O)c2cn(-c3ccccc3)nn2)CCCN(C(=O)c2ccccc2)[C@@H]2CN[C@H]1C2. The fourth-order valence-corrected chi connectivity index (χ4v) is 5.09. The van der Waals surface area contributed by atoms with Crippen molar-refractivity contribution in [3.8, 4) is 5.69 Å². The van der Waals surface area contributed by atoms with Crippen LogP contribution >= 0.6 is 12.4 Å². The molecular formula is C28H34ClN7O3. The van der Waals surface area contributed by atoms with Gasteiger partial charge in [-0.25, -0.2) is 4.68 Å². The second kappa shape index (κ2) is 13.3. The van der Waals surface area contributed by atoms with Gasteiger partial charge in [-0.1, -0.05) is 41.6 Å². The number of aromatic nitrogens is 3. The van der Waals surface area contributed by atoms with Crippen LogP contribution in [0.4, 0.5) is 0 Å². The van der Waals surface area contributed by atoms with Crippen molar-refractivity contribution in [3.05, 3.63) is 78.1 Å². The zero-order chi connectivity index (χ0) is 26.3. The Labute approximate surface area is 234 Å². The van der Waals surface area contributed by atoms with Gasteiger partial charge in [-0.15, -0.1) is 17.5 Å². The van der Waals surface area contributed by atoms with Gasteiger partial charge in [0.2, 0.25) is 5.91 Å². The van der Waals surface area contributed by atoms with Crippen molar-refractivity contribution >= 4 is 30.1 Å². The lowest BCUT2D eigenvalue weighted by atomic mass is 10.1. The van der Waals surface area contributed by atoms with E-state index in [4.69, 9.17) is 0 Å². The maximum atomic E-state index is 13.5. The molecule has 0 radical (unpaired) electrons. The molecule has 2 N–H and O–H groups in total. The first kappa shape index (κ1) is 28.3. The van der Waals surface area contributed by atoms with Crippen LogP contribution < -0.4 is 10.6 Å². The Bertz CT molecular complexity index is 1250. The molecule has 2 atom stereocenters. The Morgan fingerprint density at radius 1 is 0.872 bits per heavy atom. The highest BCUT2D eigenvalue weighted by atomic mass is 35.5. The molecule has 2 aromatic carbocycles. The Kier molecular flexibility index (Phi) is 9.67. The number of halogens is 1. The van der Waals surface area contributed by atoms with E-state index in [-0.39, 0.29) is 47.9 Å². The van der Waals surface area contributed by atoms with E-state index in [0.29, 0.717) is 51.1 Å². The zero-order valence-electron chi connectivity index (χ0n) is 21.7. The number of carbonyl (C=O) groups is 3. The van der Waals surface area contributed by atoms with Gasteiger partial charge in [-0.3, -0.25) is 14.4 Å². The minimum absolute atomic E-state index is 0. The minimum Gasteiger partial charge on any atom is -0.355 e. The summed E-state index contributed by atoms with van der Waals surface area (Å²) in [4.78, 5) is 43.3. The van der Waals surface area contributed by atoms with E-state index >= 15 is 0 Å². The highest BCUT2D eigenvalue weighted by Crippen LogP contribution is 2.19. The second-order valence-electron chi connectivity index (χ2n) is 9.74. The predicted molar refractivity (Wildman–Crippen MR) is 149 cm³/mol.